The first kappa shape index (κ1) is 15.3. The van der Waals surface area contributed by atoms with Crippen LogP contribution < -0.4 is 10.6 Å². The van der Waals surface area contributed by atoms with Crippen molar-refractivity contribution in [3.63, 3.8) is 0 Å². The lowest BCUT2D eigenvalue weighted by atomic mass is 10.0. The second kappa shape index (κ2) is 6.59. The van der Waals surface area contributed by atoms with Gasteiger partial charge in [0.05, 0.1) is 0 Å². The van der Waals surface area contributed by atoms with Crippen molar-refractivity contribution in [1.82, 2.24) is 5.32 Å². The minimum atomic E-state index is 0. The van der Waals surface area contributed by atoms with Crippen LogP contribution >= 0.6 is 12.4 Å². The summed E-state index contributed by atoms with van der Waals surface area (Å²) >= 11 is 0. The first-order chi connectivity index (χ1) is 9.31. The molecular formula is C16H23ClN2O. The van der Waals surface area contributed by atoms with Crippen molar-refractivity contribution in [2.24, 2.45) is 17.8 Å². The van der Waals surface area contributed by atoms with Crippen molar-refractivity contribution in [3.05, 3.63) is 29.8 Å². The quantitative estimate of drug-likeness (QED) is 0.895. The summed E-state index contributed by atoms with van der Waals surface area (Å²) in [7, 11) is 1.92. The van der Waals surface area contributed by atoms with Gasteiger partial charge in [0.1, 0.15) is 0 Å². The molecule has 0 spiro atoms. The van der Waals surface area contributed by atoms with E-state index in [0.29, 0.717) is 11.8 Å². The lowest BCUT2D eigenvalue weighted by Crippen LogP contribution is -2.18. The normalized spacial score (nSPS) is 27.1. The number of halogens is 1. The molecule has 3 nitrogen and oxygen atoms in total. The van der Waals surface area contributed by atoms with Gasteiger partial charge in [0.25, 0.3) is 0 Å². The maximum atomic E-state index is 12.4. The van der Waals surface area contributed by atoms with E-state index in [9.17, 15) is 4.79 Å². The van der Waals surface area contributed by atoms with Crippen molar-refractivity contribution in [1.29, 1.82) is 0 Å². The molecule has 0 bridgehead atoms. The topological polar surface area (TPSA) is 41.1 Å². The second-order valence-corrected chi connectivity index (χ2v) is 5.81. The summed E-state index contributed by atoms with van der Waals surface area (Å²) in [5, 5.41) is 6.28. The minimum Gasteiger partial charge on any atom is -0.326 e. The zero-order chi connectivity index (χ0) is 13.2. The molecule has 2 N–H and O–H groups in total. The fourth-order valence-electron chi connectivity index (χ4n) is 3.58. The fourth-order valence-corrected chi connectivity index (χ4v) is 3.58. The monoisotopic (exact) mass is 294 g/mol. The Morgan fingerprint density at radius 3 is 2.50 bits per heavy atom. The average molecular weight is 295 g/mol. The van der Waals surface area contributed by atoms with Gasteiger partial charge in [-0.3, -0.25) is 4.79 Å². The molecule has 1 aromatic carbocycles. The Labute approximate surface area is 126 Å². The Morgan fingerprint density at radius 1 is 1.20 bits per heavy atom. The van der Waals surface area contributed by atoms with Crippen LogP contribution in [0.25, 0.3) is 0 Å². The number of amides is 1. The van der Waals surface area contributed by atoms with Gasteiger partial charge in [-0.15, -0.1) is 12.4 Å². The molecule has 3 rings (SSSR count). The number of para-hydroxylation sites is 1. The van der Waals surface area contributed by atoms with Crippen LogP contribution in [0.5, 0.6) is 0 Å². The highest BCUT2D eigenvalue weighted by Crippen LogP contribution is 2.55. The summed E-state index contributed by atoms with van der Waals surface area (Å²) in [6.07, 6.45) is 5.12. The van der Waals surface area contributed by atoms with Crippen LogP contribution in [0.4, 0.5) is 5.69 Å². The van der Waals surface area contributed by atoms with Crippen LogP contribution in [0, 0.1) is 17.8 Å². The number of hydrogen-bond donors (Lipinski definition) is 2. The molecule has 2 atom stereocenters. The summed E-state index contributed by atoms with van der Waals surface area (Å²) in [5.74, 6) is 1.86. The Bertz CT molecular complexity index is 465. The Balaban J connectivity index is 0.00000147. The van der Waals surface area contributed by atoms with Gasteiger partial charge in [0.15, 0.2) is 0 Å². The number of carbonyl (C=O) groups excluding carboxylic acids is 1. The molecule has 1 amide bonds. The van der Waals surface area contributed by atoms with Gasteiger partial charge in [-0.25, -0.2) is 0 Å². The lowest BCUT2D eigenvalue weighted by molar-refractivity contribution is -0.117. The largest absolute Gasteiger partial charge is 0.326 e. The van der Waals surface area contributed by atoms with Gasteiger partial charge < -0.3 is 10.6 Å². The summed E-state index contributed by atoms with van der Waals surface area (Å²) in [4.78, 5) is 12.4. The van der Waals surface area contributed by atoms with E-state index in [1.54, 1.807) is 0 Å². The van der Waals surface area contributed by atoms with Crippen molar-refractivity contribution in [2.75, 3.05) is 12.4 Å². The van der Waals surface area contributed by atoms with E-state index in [1.807, 2.05) is 25.2 Å². The molecule has 2 unspecified atom stereocenters. The molecule has 0 aliphatic heterocycles. The number of nitrogens with one attached hydrogen (secondary N) is 2. The maximum Gasteiger partial charge on any atom is 0.228 e. The summed E-state index contributed by atoms with van der Waals surface area (Å²) in [6, 6.07) is 8.05. The van der Waals surface area contributed by atoms with E-state index in [-0.39, 0.29) is 24.2 Å². The van der Waals surface area contributed by atoms with Crippen molar-refractivity contribution >= 4 is 24.0 Å². The molecule has 0 heterocycles. The Morgan fingerprint density at radius 2 is 1.85 bits per heavy atom. The molecule has 1 aromatic rings. The van der Waals surface area contributed by atoms with Gasteiger partial charge in [0.2, 0.25) is 5.91 Å². The fraction of sp³-hybridized carbons (Fsp3) is 0.562. The molecule has 0 aromatic heterocycles. The smallest absolute Gasteiger partial charge is 0.228 e. The van der Waals surface area contributed by atoms with Crippen LogP contribution in [-0.4, -0.2) is 13.0 Å². The summed E-state index contributed by atoms with van der Waals surface area (Å²) in [6.45, 7) is 0.786. The van der Waals surface area contributed by atoms with Crippen molar-refractivity contribution in [2.45, 2.75) is 32.2 Å². The van der Waals surface area contributed by atoms with E-state index in [2.05, 4.69) is 16.7 Å². The highest BCUT2D eigenvalue weighted by Gasteiger charge is 2.54. The second-order valence-electron chi connectivity index (χ2n) is 5.81. The third-order valence-corrected chi connectivity index (χ3v) is 4.60. The van der Waals surface area contributed by atoms with Crippen LogP contribution in [0.2, 0.25) is 0 Å². The van der Waals surface area contributed by atoms with Crippen LogP contribution in [0.3, 0.4) is 0 Å². The van der Waals surface area contributed by atoms with Crippen molar-refractivity contribution in [3.8, 4) is 0 Å². The van der Waals surface area contributed by atoms with Crippen LogP contribution in [0.15, 0.2) is 24.3 Å². The van der Waals surface area contributed by atoms with Crippen LogP contribution in [-0.2, 0) is 11.3 Å². The first-order valence-corrected chi connectivity index (χ1v) is 7.34. The minimum absolute atomic E-state index is 0. The molecule has 2 aliphatic rings. The molecule has 2 aliphatic carbocycles. The number of fused-ring (bicyclic) bond motifs is 1. The van der Waals surface area contributed by atoms with Gasteiger partial charge in [0, 0.05) is 18.2 Å². The molecule has 2 fully saturated rings. The number of benzene rings is 1. The number of carbonyl (C=O) groups is 1. The van der Waals surface area contributed by atoms with Crippen molar-refractivity contribution < 1.29 is 4.79 Å². The zero-order valence-corrected chi connectivity index (χ0v) is 12.7. The Kier molecular flexibility index (Phi) is 5.06. The third-order valence-electron chi connectivity index (χ3n) is 4.60. The molecule has 110 valence electrons. The average Bonchev–Trinajstić information content (AvgIpc) is 3.15. The SMILES string of the molecule is CNCc1ccccc1NC(=O)C1C2CCCCC21.Cl. The molecule has 2 saturated carbocycles. The number of hydrogen-bond acceptors (Lipinski definition) is 2. The first-order valence-electron chi connectivity index (χ1n) is 7.34. The number of rotatable bonds is 4. The molecule has 0 saturated heterocycles. The summed E-state index contributed by atoms with van der Waals surface area (Å²) in [5.41, 5.74) is 2.12. The number of anilines is 1. The molecule has 0 radical (unpaired) electrons. The van der Waals surface area contributed by atoms with Gasteiger partial charge in [-0.2, -0.15) is 0 Å². The van der Waals surface area contributed by atoms with Gasteiger partial charge in [-0.05, 0) is 43.4 Å². The van der Waals surface area contributed by atoms with E-state index < -0.39 is 0 Å². The predicted molar refractivity (Wildman–Crippen MR) is 84.0 cm³/mol. The van der Waals surface area contributed by atoms with E-state index in [4.69, 9.17) is 0 Å². The van der Waals surface area contributed by atoms with E-state index in [1.165, 1.54) is 25.7 Å². The highest BCUT2D eigenvalue weighted by molar-refractivity contribution is 5.95. The van der Waals surface area contributed by atoms with E-state index >= 15 is 0 Å². The van der Waals surface area contributed by atoms with Crippen LogP contribution in [0.1, 0.15) is 31.2 Å². The zero-order valence-electron chi connectivity index (χ0n) is 11.9. The molecular weight excluding hydrogens is 272 g/mol. The molecule has 20 heavy (non-hydrogen) atoms. The van der Waals surface area contributed by atoms with Gasteiger partial charge in [-0.1, -0.05) is 31.0 Å². The summed E-state index contributed by atoms with van der Waals surface area (Å²) < 4.78 is 0. The standard InChI is InChI=1S/C16H22N2O.ClH/c1-17-10-11-6-2-5-9-14(11)18-16(19)15-12-7-3-4-8-13(12)15;/h2,5-6,9,12-13,15,17H,3-4,7-8,10H2,1H3,(H,18,19);1H. The lowest BCUT2D eigenvalue weighted by Gasteiger charge is -2.10. The maximum absolute atomic E-state index is 12.4. The van der Waals surface area contributed by atoms with Gasteiger partial charge >= 0.3 is 0 Å². The van der Waals surface area contributed by atoms with E-state index in [0.717, 1.165) is 17.8 Å². The Hall–Kier alpha value is -1.06. The molecule has 4 heteroatoms. The predicted octanol–water partition coefficient (Wildman–Crippen LogP) is 3.20. The third kappa shape index (κ3) is 2.99. The highest BCUT2D eigenvalue weighted by atomic mass is 35.5.